The number of ether oxygens (including phenoxy) is 3. The molecule has 5 rings (SSSR count). The van der Waals surface area contributed by atoms with Crippen LogP contribution in [0.2, 0.25) is 0 Å². The summed E-state index contributed by atoms with van der Waals surface area (Å²) in [5.41, 5.74) is 1.33. The lowest BCUT2D eigenvalue weighted by molar-refractivity contribution is 0.0600. The number of nitrogens with zero attached hydrogens (tertiary/aromatic N) is 3. The van der Waals surface area contributed by atoms with Gasteiger partial charge in [0.05, 0.1) is 37.4 Å². The van der Waals surface area contributed by atoms with Gasteiger partial charge in [0.25, 0.3) is 5.91 Å². The van der Waals surface area contributed by atoms with Gasteiger partial charge in [-0.05, 0) is 79.4 Å². The number of halogens is 1. The van der Waals surface area contributed by atoms with Crippen molar-refractivity contribution in [3.8, 4) is 17.2 Å². The lowest BCUT2D eigenvalue weighted by Crippen LogP contribution is -2.36. The quantitative estimate of drug-likeness (QED) is 0.260. The number of methoxy groups -OCH3 is 1. The topological polar surface area (TPSA) is 103 Å². The van der Waals surface area contributed by atoms with E-state index in [0.29, 0.717) is 52.5 Å². The predicted molar refractivity (Wildman–Crippen MR) is 151 cm³/mol. The third-order valence-corrected chi connectivity index (χ3v) is 6.68. The summed E-state index contributed by atoms with van der Waals surface area (Å²) in [6.07, 6.45) is 4.99. The van der Waals surface area contributed by atoms with Gasteiger partial charge in [0, 0.05) is 18.7 Å². The Morgan fingerprint density at radius 1 is 0.902 bits per heavy atom. The van der Waals surface area contributed by atoms with Crippen LogP contribution in [-0.2, 0) is 4.74 Å². The summed E-state index contributed by atoms with van der Waals surface area (Å²) in [6, 6.07) is 19.3. The standard InChI is InChI=1S/C31H29FN4O5/c1-39-30(38)23-5-3-6-27(17-23)40-20-21-12-14-36(15-13-21)31-33-18-25(19-34-31)35-29(37)22-4-2-7-28(16-22)41-26-10-8-24(32)9-11-26/h2-11,16-19,21H,12-15,20H2,1H3,(H,35,37). The van der Waals surface area contributed by atoms with Crippen molar-refractivity contribution in [2.45, 2.75) is 12.8 Å². The minimum atomic E-state index is -0.392. The van der Waals surface area contributed by atoms with Crippen molar-refractivity contribution in [1.82, 2.24) is 9.97 Å². The molecule has 1 aliphatic rings. The Hall–Kier alpha value is -4.99. The number of aromatic nitrogens is 2. The molecule has 1 aliphatic heterocycles. The fourth-order valence-electron chi connectivity index (χ4n) is 4.44. The van der Waals surface area contributed by atoms with E-state index < -0.39 is 5.97 Å². The number of amides is 1. The van der Waals surface area contributed by atoms with Crippen LogP contribution in [0, 0.1) is 11.7 Å². The Balaban J connectivity index is 1.10. The van der Waals surface area contributed by atoms with Crippen LogP contribution >= 0.6 is 0 Å². The fourth-order valence-corrected chi connectivity index (χ4v) is 4.44. The smallest absolute Gasteiger partial charge is 0.337 e. The molecule has 9 nitrogen and oxygen atoms in total. The summed E-state index contributed by atoms with van der Waals surface area (Å²) < 4.78 is 29.5. The first-order chi connectivity index (χ1) is 20.0. The van der Waals surface area contributed by atoms with Crippen LogP contribution in [0.15, 0.2) is 85.2 Å². The molecule has 4 aromatic rings. The zero-order chi connectivity index (χ0) is 28.6. The van der Waals surface area contributed by atoms with Crippen LogP contribution in [-0.4, -0.2) is 48.7 Å². The number of hydrogen-bond acceptors (Lipinski definition) is 8. The van der Waals surface area contributed by atoms with E-state index in [1.54, 1.807) is 54.9 Å². The first kappa shape index (κ1) is 27.6. The Morgan fingerprint density at radius 2 is 1.56 bits per heavy atom. The molecule has 0 spiro atoms. The number of esters is 1. The Labute approximate surface area is 236 Å². The second-order valence-electron chi connectivity index (χ2n) is 9.57. The molecule has 0 saturated carbocycles. The largest absolute Gasteiger partial charge is 0.493 e. The van der Waals surface area contributed by atoms with Gasteiger partial charge in [0.2, 0.25) is 5.95 Å². The molecule has 0 unspecified atom stereocenters. The van der Waals surface area contributed by atoms with Crippen molar-refractivity contribution in [3.63, 3.8) is 0 Å². The highest BCUT2D eigenvalue weighted by atomic mass is 19.1. The SMILES string of the molecule is COC(=O)c1cccc(OCC2CCN(c3ncc(NC(=O)c4cccc(Oc5ccc(F)cc5)c4)cn3)CC2)c1. The minimum absolute atomic E-state index is 0.330. The highest BCUT2D eigenvalue weighted by Gasteiger charge is 2.22. The van der Waals surface area contributed by atoms with E-state index in [4.69, 9.17) is 14.2 Å². The number of hydrogen-bond donors (Lipinski definition) is 1. The summed E-state index contributed by atoms with van der Waals surface area (Å²) in [4.78, 5) is 35.5. The zero-order valence-corrected chi connectivity index (χ0v) is 22.5. The molecule has 1 fully saturated rings. The van der Waals surface area contributed by atoms with Crippen LogP contribution in [0.25, 0.3) is 0 Å². The lowest BCUT2D eigenvalue weighted by Gasteiger charge is -2.31. The maximum absolute atomic E-state index is 13.1. The van der Waals surface area contributed by atoms with Gasteiger partial charge in [-0.15, -0.1) is 0 Å². The van der Waals surface area contributed by atoms with Crippen LogP contribution in [0.3, 0.4) is 0 Å². The van der Waals surface area contributed by atoms with E-state index in [2.05, 4.69) is 20.2 Å². The van der Waals surface area contributed by atoms with Crippen molar-refractivity contribution in [3.05, 3.63) is 102 Å². The summed E-state index contributed by atoms with van der Waals surface area (Å²) in [5, 5.41) is 2.81. The monoisotopic (exact) mass is 556 g/mol. The van der Waals surface area contributed by atoms with Crippen LogP contribution < -0.4 is 19.7 Å². The first-order valence-electron chi connectivity index (χ1n) is 13.2. The number of rotatable bonds is 9. The molecular formula is C31H29FN4O5. The van der Waals surface area contributed by atoms with Crippen molar-refractivity contribution >= 4 is 23.5 Å². The highest BCUT2D eigenvalue weighted by molar-refractivity contribution is 6.04. The van der Waals surface area contributed by atoms with Crippen LogP contribution in [0.5, 0.6) is 17.2 Å². The average Bonchev–Trinajstić information content (AvgIpc) is 3.02. The van der Waals surface area contributed by atoms with Gasteiger partial charge in [0.15, 0.2) is 0 Å². The van der Waals surface area contributed by atoms with Crippen molar-refractivity contribution in [1.29, 1.82) is 0 Å². The Bertz CT molecular complexity index is 1490. The molecule has 0 radical (unpaired) electrons. The minimum Gasteiger partial charge on any atom is -0.493 e. The number of carbonyl (C=O) groups is 2. The number of carbonyl (C=O) groups excluding carboxylic acids is 2. The summed E-state index contributed by atoms with van der Waals surface area (Å²) in [6.45, 7) is 2.12. The Morgan fingerprint density at radius 3 is 2.27 bits per heavy atom. The normalized spacial score (nSPS) is 13.4. The van der Waals surface area contributed by atoms with Gasteiger partial charge in [-0.3, -0.25) is 4.79 Å². The fraction of sp³-hybridized carbons (Fsp3) is 0.226. The molecule has 10 heteroatoms. The van der Waals surface area contributed by atoms with Crippen LogP contribution in [0.4, 0.5) is 16.0 Å². The molecule has 2 heterocycles. The van der Waals surface area contributed by atoms with Gasteiger partial charge < -0.3 is 24.4 Å². The van der Waals surface area contributed by atoms with E-state index in [-0.39, 0.29) is 11.7 Å². The molecule has 1 N–H and O–H groups in total. The molecule has 1 saturated heterocycles. The maximum Gasteiger partial charge on any atom is 0.337 e. The van der Waals surface area contributed by atoms with Gasteiger partial charge >= 0.3 is 5.97 Å². The third-order valence-electron chi connectivity index (χ3n) is 6.68. The van der Waals surface area contributed by atoms with E-state index in [1.807, 2.05) is 6.07 Å². The molecule has 0 atom stereocenters. The van der Waals surface area contributed by atoms with Crippen molar-refractivity contribution < 1.29 is 28.2 Å². The predicted octanol–water partition coefficient (Wildman–Crippen LogP) is 5.74. The van der Waals surface area contributed by atoms with E-state index in [1.165, 1.54) is 31.4 Å². The molecule has 41 heavy (non-hydrogen) atoms. The number of piperidine rings is 1. The van der Waals surface area contributed by atoms with Gasteiger partial charge in [-0.2, -0.15) is 0 Å². The summed E-state index contributed by atoms with van der Waals surface area (Å²) >= 11 is 0. The first-order valence-corrected chi connectivity index (χ1v) is 13.2. The van der Waals surface area contributed by atoms with E-state index in [0.717, 1.165) is 25.9 Å². The highest BCUT2D eigenvalue weighted by Crippen LogP contribution is 2.25. The zero-order valence-electron chi connectivity index (χ0n) is 22.5. The molecule has 3 aromatic carbocycles. The Kier molecular flexibility index (Phi) is 8.68. The maximum atomic E-state index is 13.1. The van der Waals surface area contributed by atoms with Gasteiger partial charge in [-0.25, -0.2) is 19.2 Å². The summed E-state index contributed by atoms with van der Waals surface area (Å²) in [7, 11) is 1.35. The van der Waals surface area contributed by atoms with E-state index in [9.17, 15) is 14.0 Å². The molecular weight excluding hydrogens is 527 g/mol. The molecule has 210 valence electrons. The second kappa shape index (κ2) is 12.9. The number of benzene rings is 3. The molecule has 0 aliphatic carbocycles. The number of anilines is 2. The van der Waals surface area contributed by atoms with E-state index >= 15 is 0 Å². The van der Waals surface area contributed by atoms with Crippen LogP contribution in [0.1, 0.15) is 33.6 Å². The second-order valence-corrected chi connectivity index (χ2v) is 9.57. The molecule has 1 aromatic heterocycles. The van der Waals surface area contributed by atoms with Gasteiger partial charge in [0.1, 0.15) is 23.1 Å². The third kappa shape index (κ3) is 7.36. The average molecular weight is 557 g/mol. The molecule has 1 amide bonds. The number of nitrogens with one attached hydrogen (secondary N) is 1. The van der Waals surface area contributed by atoms with Crippen molar-refractivity contribution in [2.24, 2.45) is 5.92 Å². The lowest BCUT2D eigenvalue weighted by atomic mass is 9.98. The van der Waals surface area contributed by atoms with Crippen molar-refractivity contribution in [2.75, 3.05) is 37.0 Å². The van der Waals surface area contributed by atoms with Gasteiger partial charge in [-0.1, -0.05) is 12.1 Å². The molecule has 0 bridgehead atoms. The summed E-state index contributed by atoms with van der Waals surface area (Å²) in [5.74, 6) is 1.46.